The highest BCUT2D eigenvalue weighted by molar-refractivity contribution is 5.81. The van der Waals surface area contributed by atoms with Gasteiger partial charge in [-0.05, 0) is 31.4 Å². The topological polar surface area (TPSA) is 55.8 Å². The van der Waals surface area contributed by atoms with Crippen LogP contribution < -0.4 is 4.74 Å². The zero-order valence-electron chi connectivity index (χ0n) is 12.7. The van der Waals surface area contributed by atoms with Crippen LogP contribution in [-0.4, -0.2) is 30.4 Å². The lowest BCUT2D eigenvalue weighted by Crippen LogP contribution is -2.12. The van der Waals surface area contributed by atoms with Crippen molar-refractivity contribution in [3.8, 4) is 5.75 Å². The fraction of sp³-hybridized carbons (Fsp3) is 0.471. The molecular weight excluding hydrogens is 268 g/mol. The molecule has 0 radical (unpaired) electrons. The first-order valence-corrected chi connectivity index (χ1v) is 7.29. The Hall–Kier alpha value is -1.81. The maximum absolute atomic E-state index is 11.4. The lowest BCUT2D eigenvalue weighted by Gasteiger charge is -2.10. The zero-order valence-corrected chi connectivity index (χ0v) is 12.7. The van der Waals surface area contributed by atoms with Crippen LogP contribution in [0.15, 0.2) is 42.5 Å². The van der Waals surface area contributed by atoms with Crippen molar-refractivity contribution in [3.63, 3.8) is 0 Å². The van der Waals surface area contributed by atoms with E-state index < -0.39 is 0 Å². The number of rotatable bonds is 9. The number of hydrogen-bond acceptors (Lipinski definition) is 4. The molecule has 4 heteroatoms. The van der Waals surface area contributed by atoms with Gasteiger partial charge < -0.3 is 14.6 Å². The molecule has 4 nitrogen and oxygen atoms in total. The fourth-order valence-electron chi connectivity index (χ4n) is 1.56. The van der Waals surface area contributed by atoms with E-state index in [0.717, 1.165) is 5.75 Å². The molecule has 0 unspecified atom stereocenters. The smallest absolute Gasteiger partial charge is 0.330 e. The molecular formula is C17H24O4. The summed E-state index contributed by atoms with van der Waals surface area (Å²) < 4.78 is 10.5. The summed E-state index contributed by atoms with van der Waals surface area (Å²) in [7, 11) is 0. The summed E-state index contributed by atoms with van der Waals surface area (Å²) in [5.74, 6) is 0.594. The van der Waals surface area contributed by atoms with Crippen molar-refractivity contribution in [1.82, 2.24) is 0 Å². The minimum atomic E-state index is -0.374. The molecule has 0 fully saturated rings. The Balaban J connectivity index is 2.07. The van der Waals surface area contributed by atoms with Crippen LogP contribution in [-0.2, 0) is 9.53 Å². The Bertz CT molecular complexity index is 426. The van der Waals surface area contributed by atoms with Crippen molar-refractivity contribution in [3.05, 3.63) is 42.5 Å². The third kappa shape index (κ3) is 8.15. The van der Waals surface area contributed by atoms with E-state index in [1.54, 1.807) is 13.0 Å². The van der Waals surface area contributed by atoms with Gasteiger partial charge in [0.1, 0.15) is 5.75 Å². The number of carbonyl (C=O) groups excluding carboxylic acids is 1. The summed E-state index contributed by atoms with van der Waals surface area (Å²) in [6, 6.07) is 9.53. The van der Waals surface area contributed by atoms with E-state index in [1.807, 2.05) is 37.3 Å². The molecule has 0 aliphatic heterocycles. The van der Waals surface area contributed by atoms with Crippen LogP contribution in [0.4, 0.5) is 0 Å². The molecule has 0 aliphatic carbocycles. The molecule has 116 valence electrons. The molecule has 0 aliphatic rings. The second-order valence-electron chi connectivity index (χ2n) is 5.04. The number of benzene rings is 1. The highest BCUT2D eigenvalue weighted by Crippen LogP contribution is 2.09. The number of hydrogen-bond donors (Lipinski definition) is 1. The van der Waals surface area contributed by atoms with Crippen molar-refractivity contribution in [2.24, 2.45) is 5.92 Å². The minimum Gasteiger partial charge on any atom is -0.493 e. The quantitative estimate of drug-likeness (QED) is 0.432. The van der Waals surface area contributed by atoms with Gasteiger partial charge in [0.2, 0.25) is 0 Å². The first kappa shape index (κ1) is 17.2. The van der Waals surface area contributed by atoms with Gasteiger partial charge in [-0.1, -0.05) is 31.2 Å². The predicted octanol–water partition coefficient (Wildman–Crippen LogP) is 2.96. The molecule has 0 heterocycles. The Morgan fingerprint density at radius 1 is 1.24 bits per heavy atom. The number of aliphatic hydroxyl groups is 1. The molecule has 0 bridgehead atoms. The second kappa shape index (κ2) is 10.00. The normalized spacial score (nSPS) is 13.9. The van der Waals surface area contributed by atoms with Gasteiger partial charge in [-0.15, -0.1) is 0 Å². The van der Waals surface area contributed by atoms with E-state index in [9.17, 15) is 9.90 Å². The van der Waals surface area contributed by atoms with Crippen LogP contribution in [0.5, 0.6) is 5.75 Å². The first-order chi connectivity index (χ1) is 10.1. The van der Waals surface area contributed by atoms with Crippen LogP contribution in [0.25, 0.3) is 0 Å². The third-order valence-corrected chi connectivity index (χ3v) is 3.13. The van der Waals surface area contributed by atoms with Crippen molar-refractivity contribution in [2.75, 3.05) is 13.2 Å². The fourth-order valence-corrected chi connectivity index (χ4v) is 1.56. The maximum atomic E-state index is 11.4. The lowest BCUT2D eigenvalue weighted by molar-refractivity contribution is -0.138. The molecule has 0 aromatic heterocycles. The summed E-state index contributed by atoms with van der Waals surface area (Å²) in [6.45, 7) is 4.52. The molecule has 0 saturated carbocycles. The largest absolute Gasteiger partial charge is 0.493 e. The lowest BCUT2D eigenvalue weighted by atomic mass is 10.0. The summed E-state index contributed by atoms with van der Waals surface area (Å²) in [5.41, 5.74) is 0. The highest BCUT2D eigenvalue weighted by Gasteiger charge is 2.06. The van der Waals surface area contributed by atoms with Crippen LogP contribution in [0, 0.1) is 5.92 Å². The molecule has 1 aromatic carbocycles. The monoisotopic (exact) mass is 292 g/mol. The van der Waals surface area contributed by atoms with E-state index in [1.165, 1.54) is 6.08 Å². The third-order valence-electron chi connectivity index (χ3n) is 3.13. The molecule has 0 amide bonds. The SMILES string of the molecule is C[C@H](O)[C@H](C)C/C=C/C(=O)OCCCOc1ccccc1. The van der Waals surface area contributed by atoms with Gasteiger partial charge in [0.05, 0.1) is 19.3 Å². The zero-order chi connectivity index (χ0) is 15.5. The summed E-state index contributed by atoms with van der Waals surface area (Å²) in [4.78, 5) is 11.4. The molecule has 1 aromatic rings. The molecule has 0 spiro atoms. The second-order valence-corrected chi connectivity index (χ2v) is 5.04. The molecule has 1 rings (SSSR count). The Labute approximate surface area is 126 Å². The van der Waals surface area contributed by atoms with Crippen LogP contribution >= 0.6 is 0 Å². The average Bonchev–Trinajstić information content (AvgIpc) is 2.47. The van der Waals surface area contributed by atoms with Gasteiger partial charge in [0, 0.05) is 12.5 Å². The maximum Gasteiger partial charge on any atom is 0.330 e. The van der Waals surface area contributed by atoms with Crippen molar-refractivity contribution < 1.29 is 19.4 Å². The molecule has 21 heavy (non-hydrogen) atoms. The van der Waals surface area contributed by atoms with Gasteiger partial charge >= 0.3 is 5.97 Å². The van der Waals surface area contributed by atoms with Crippen LogP contribution in [0.2, 0.25) is 0 Å². The summed E-state index contributed by atoms with van der Waals surface area (Å²) in [5, 5.41) is 9.32. The Morgan fingerprint density at radius 2 is 1.95 bits per heavy atom. The van der Waals surface area contributed by atoms with Gasteiger partial charge in [-0.2, -0.15) is 0 Å². The molecule has 1 N–H and O–H groups in total. The predicted molar refractivity (Wildman–Crippen MR) is 82.1 cm³/mol. The van der Waals surface area contributed by atoms with Gasteiger partial charge in [-0.3, -0.25) is 0 Å². The molecule has 0 saturated heterocycles. The van der Waals surface area contributed by atoms with Crippen molar-refractivity contribution in [1.29, 1.82) is 0 Å². The Morgan fingerprint density at radius 3 is 2.62 bits per heavy atom. The van der Waals surface area contributed by atoms with Gasteiger partial charge in [-0.25, -0.2) is 4.79 Å². The van der Waals surface area contributed by atoms with Crippen LogP contribution in [0.1, 0.15) is 26.7 Å². The number of carbonyl (C=O) groups is 1. The van der Waals surface area contributed by atoms with E-state index >= 15 is 0 Å². The highest BCUT2D eigenvalue weighted by atomic mass is 16.5. The van der Waals surface area contributed by atoms with Crippen molar-refractivity contribution in [2.45, 2.75) is 32.8 Å². The summed E-state index contributed by atoms with van der Waals surface area (Å²) >= 11 is 0. The van der Waals surface area contributed by atoms with Crippen molar-refractivity contribution >= 4 is 5.97 Å². The number of esters is 1. The van der Waals surface area contributed by atoms with E-state index in [0.29, 0.717) is 26.1 Å². The standard InChI is InChI=1S/C17H24O4/c1-14(15(2)18)8-6-11-17(19)21-13-7-12-20-16-9-4-3-5-10-16/h3-6,9-11,14-15,18H,7-8,12-13H2,1-2H3/b11-6+/t14-,15+/m1/s1. The number of ether oxygens (including phenoxy) is 2. The minimum absolute atomic E-state index is 0.133. The Kier molecular flexibility index (Phi) is 8.21. The van der Waals surface area contributed by atoms with E-state index in [4.69, 9.17) is 9.47 Å². The number of aliphatic hydroxyl groups excluding tert-OH is 1. The van der Waals surface area contributed by atoms with Gasteiger partial charge in [0.15, 0.2) is 0 Å². The van der Waals surface area contributed by atoms with E-state index in [2.05, 4.69) is 0 Å². The number of allylic oxidation sites excluding steroid dienone is 1. The van der Waals surface area contributed by atoms with E-state index in [-0.39, 0.29) is 18.0 Å². The van der Waals surface area contributed by atoms with Gasteiger partial charge in [0.25, 0.3) is 0 Å². The summed E-state index contributed by atoms with van der Waals surface area (Å²) in [6.07, 6.45) is 4.08. The van der Waals surface area contributed by atoms with Crippen LogP contribution in [0.3, 0.4) is 0 Å². The first-order valence-electron chi connectivity index (χ1n) is 7.29. The number of para-hydroxylation sites is 1. The molecule has 2 atom stereocenters. The average molecular weight is 292 g/mol.